The lowest BCUT2D eigenvalue weighted by Gasteiger charge is -2.08. The predicted octanol–water partition coefficient (Wildman–Crippen LogP) is 3.23. The summed E-state index contributed by atoms with van der Waals surface area (Å²) in [5.74, 6) is 0.434. The fraction of sp³-hybridized carbons (Fsp3) is 0. The summed E-state index contributed by atoms with van der Waals surface area (Å²) >= 11 is 0. The monoisotopic (exact) mass is 334 g/mol. The molecule has 0 saturated heterocycles. The fourth-order valence-electron chi connectivity index (χ4n) is 1.97. The van der Waals surface area contributed by atoms with Gasteiger partial charge >= 0.3 is 6.03 Å². The molecular formula is C18H14N4O3. The first-order valence-electron chi connectivity index (χ1n) is 7.42. The fourth-order valence-corrected chi connectivity index (χ4v) is 1.97. The number of anilines is 1. The zero-order valence-electron chi connectivity index (χ0n) is 13.0. The van der Waals surface area contributed by atoms with E-state index in [0.717, 1.165) is 0 Å². The first-order valence-corrected chi connectivity index (χ1v) is 7.42. The molecule has 2 heterocycles. The predicted molar refractivity (Wildman–Crippen MR) is 91.5 cm³/mol. The van der Waals surface area contributed by atoms with E-state index in [1.54, 1.807) is 67.0 Å². The molecule has 0 unspecified atom stereocenters. The number of rotatable bonds is 4. The van der Waals surface area contributed by atoms with Crippen molar-refractivity contribution in [3.63, 3.8) is 0 Å². The first-order chi connectivity index (χ1) is 12.2. The molecular weight excluding hydrogens is 320 g/mol. The third-order valence-corrected chi connectivity index (χ3v) is 3.11. The van der Waals surface area contributed by atoms with Crippen molar-refractivity contribution < 1.29 is 14.3 Å². The van der Waals surface area contributed by atoms with Crippen molar-refractivity contribution in [2.24, 2.45) is 0 Å². The number of amides is 3. The average Bonchev–Trinajstić information content (AvgIpc) is 2.65. The molecule has 3 aromatic rings. The molecule has 0 aliphatic heterocycles. The number of nitrogens with one attached hydrogen (secondary N) is 2. The lowest BCUT2D eigenvalue weighted by atomic mass is 10.2. The lowest BCUT2D eigenvalue weighted by molar-refractivity contribution is 0.0967. The molecule has 0 spiro atoms. The van der Waals surface area contributed by atoms with Crippen LogP contribution in [0.5, 0.6) is 11.6 Å². The summed E-state index contributed by atoms with van der Waals surface area (Å²) < 4.78 is 5.50. The summed E-state index contributed by atoms with van der Waals surface area (Å²) in [4.78, 5) is 31.8. The molecule has 3 amide bonds. The highest BCUT2D eigenvalue weighted by atomic mass is 16.5. The summed E-state index contributed by atoms with van der Waals surface area (Å²) in [6, 6.07) is 14.5. The molecule has 0 saturated carbocycles. The third kappa shape index (κ3) is 4.61. The van der Waals surface area contributed by atoms with E-state index in [1.807, 2.05) is 0 Å². The number of carbonyl (C=O) groups is 2. The zero-order chi connectivity index (χ0) is 17.5. The Morgan fingerprint density at radius 2 is 1.76 bits per heavy atom. The van der Waals surface area contributed by atoms with Gasteiger partial charge in [-0.15, -0.1) is 0 Å². The Hall–Kier alpha value is -3.74. The van der Waals surface area contributed by atoms with Crippen LogP contribution in [0.25, 0.3) is 0 Å². The van der Waals surface area contributed by atoms with E-state index in [9.17, 15) is 9.59 Å². The van der Waals surface area contributed by atoms with Crippen LogP contribution in [0.4, 0.5) is 10.5 Å². The Morgan fingerprint density at radius 3 is 2.44 bits per heavy atom. The van der Waals surface area contributed by atoms with Crippen molar-refractivity contribution >= 4 is 17.6 Å². The minimum Gasteiger partial charge on any atom is -0.437 e. The Morgan fingerprint density at radius 1 is 0.920 bits per heavy atom. The van der Waals surface area contributed by atoms with E-state index < -0.39 is 11.9 Å². The van der Waals surface area contributed by atoms with Gasteiger partial charge in [0.25, 0.3) is 5.91 Å². The molecule has 0 fully saturated rings. The van der Waals surface area contributed by atoms with E-state index in [-0.39, 0.29) is 0 Å². The number of urea groups is 1. The molecule has 1 aromatic carbocycles. The number of hydrogen-bond donors (Lipinski definition) is 2. The number of nitrogens with zero attached hydrogens (tertiary/aromatic N) is 2. The Bertz CT molecular complexity index is 853. The minimum atomic E-state index is -0.642. The van der Waals surface area contributed by atoms with E-state index >= 15 is 0 Å². The van der Waals surface area contributed by atoms with Crippen molar-refractivity contribution in [3.8, 4) is 11.6 Å². The molecule has 124 valence electrons. The quantitative estimate of drug-likeness (QED) is 0.764. The largest absolute Gasteiger partial charge is 0.437 e. The van der Waals surface area contributed by atoms with Crippen LogP contribution in [0.2, 0.25) is 0 Å². The van der Waals surface area contributed by atoms with Gasteiger partial charge in [0.1, 0.15) is 5.75 Å². The number of benzene rings is 1. The van der Waals surface area contributed by atoms with Crippen LogP contribution < -0.4 is 15.4 Å². The van der Waals surface area contributed by atoms with Crippen molar-refractivity contribution in [1.29, 1.82) is 0 Å². The smallest absolute Gasteiger partial charge is 0.326 e. The molecule has 2 N–H and O–H groups in total. The maximum Gasteiger partial charge on any atom is 0.326 e. The second-order valence-electron chi connectivity index (χ2n) is 4.95. The van der Waals surface area contributed by atoms with E-state index in [2.05, 4.69) is 20.6 Å². The van der Waals surface area contributed by atoms with Crippen LogP contribution >= 0.6 is 0 Å². The highest BCUT2D eigenvalue weighted by Crippen LogP contribution is 2.18. The van der Waals surface area contributed by atoms with Gasteiger partial charge in [0, 0.05) is 17.8 Å². The van der Waals surface area contributed by atoms with Crippen LogP contribution in [0.15, 0.2) is 73.2 Å². The van der Waals surface area contributed by atoms with E-state index in [1.165, 1.54) is 6.20 Å². The topological polar surface area (TPSA) is 93.2 Å². The van der Waals surface area contributed by atoms with Crippen molar-refractivity contribution in [2.75, 3.05) is 5.32 Å². The normalized spacial score (nSPS) is 9.92. The standard InChI is InChI=1S/C18H14N4O3/c23-17(13-5-2-1-3-6-13)22-18(24)21-14-8-9-16(20-11-14)25-15-7-4-10-19-12-15/h1-12H,(H2,21,22,23,24). The van der Waals surface area contributed by atoms with Gasteiger partial charge < -0.3 is 10.1 Å². The Balaban J connectivity index is 1.56. The summed E-state index contributed by atoms with van der Waals surface area (Å²) in [5, 5.41) is 4.78. The van der Waals surface area contributed by atoms with Gasteiger partial charge in [0.15, 0.2) is 0 Å². The van der Waals surface area contributed by atoms with Gasteiger partial charge in [-0.25, -0.2) is 9.78 Å². The summed E-state index contributed by atoms with van der Waals surface area (Å²) in [7, 11) is 0. The average molecular weight is 334 g/mol. The Kier molecular flexibility index (Phi) is 4.96. The number of carbonyl (C=O) groups excluding carboxylic acids is 2. The lowest BCUT2D eigenvalue weighted by Crippen LogP contribution is -2.34. The SMILES string of the molecule is O=C(NC(=O)c1ccccc1)Nc1ccc(Oc2cccnc2)nc1. The summed E-state index contributed by atoms with van der Waals surface area (Å²) in [6.45, 7) is 0. The molecule has 7 nitrogen and oxygen atoms in total. The van der Waals surface area contributed by atoms with Gasteiger partial charge in [-0.3, -0.25) is 15.1 Å². The highest BCUT2D eigenvalue weighted by molar-refractivity contribution is 6.07. The van der Waals surface area contributed by atoms with Crippen LogP contribution in [-0.2, 0) is 0 Å². The second-order valence-corrected chi connectivity index (χ2v) is 4.95. The molecule has 0 aliphatic rings. The summed E-state index contributed by atoms with van der Waals surface area (Å²) in [5.41, 5.74) is 0.827. The second kappa shape index (κ2) is 7.69. The number of pyridine rings is 2. The highest BCUT2D eigenvalue weighted by Gasteiger charge is 2.10. The molecule has 0 radical (unpaired) electrons. The minimum absolute atomic E-state index is 0.360. The van der Waals surface area contributed by atoms with Gasteiger partial charge in [0.2, 0.25) is 5.88 Å². The van der Waals surface area contributed by atoms with Crippen LogP contribution in [-0.4, -0.2) is 21.9 Å². The summed E-state index contributed by atoms with van der Waals surface area (Å²) in [6.07, 6.45) is 4.64. The molecule has 7 heteroatoms. The molecule has 0 atom stereocenters. The number of ether oxygens (including phenoxy) is 1. The van der Waals surface area contributed by atoms with Gasteiger partial charge in [-0.05, 0) is 30.3 Å². The van der Waals surface area contributed by atoms with Crippen molar-refractivity contribution in [3.05, 3.63) is 78.8 Å². The van der Waals surface area contributed by atoms with Gasteiger partial charge in [0.05, 0.1) is 18.1 Å². The number of hydrogen-bond acceptors (Lipinski definition) is 5. The van der Waals surface area contributed by atoms with Crippen LogP contribution in [0, 0.1) is 0 Å². The maximum atomic E-state index is 11.9. The first kappa shape index (κ1) is 16.1. The van der Waals surface area contributed by atoms with E-state index in [4.69, 9.17) is 4.74 Å². The molecule has 0 aliphatic carbocycles. The van der Waals surface area contributed by atoms with Crippen LogP contribution in [0.1, 0.15) is 10.4 Å². The number of aromatic nitrogens is 2. The van der Waals surface area contributed by atoms with Crippen molar-refractivity contribution in [2.45, 2.75) is 0 Å². The third-order valence-electron chi connectivity index (χ3n) is 3.11. The molecule has 2 aromatic heterocycles. The molecule has 25 heavy (non-hydrogen) atoms. The number of imide groups is 1. The zero-order valence-corrected chi connectivity index (χ0v) is 13.0. The van der Waals surface area contributed by atoms with Crippen molar-refractivity contribution in [1.82, 2.24) is 15.3 Å². The van der Waals surface area contributed by atoms with E-state index in [0.29, 0.717) is 22.9 Å². The maximum absolute atomic E-state index is 11.9. The van der Waals surface area contributed by atoms with Gasteiger partial charge in [-0.1, -0.05) is 18.2 Å². The molecule has 0 bridgehead atoms. The molecule has 3 rings (SSSR count). The van der Waals surface area contributed by atoms with Gasteiger partial charge in [-0.2, -0.15) is 0 Å². The van der Waals surface area contributed by atoms with Crippen LogP contribution in [0.3, 0.4) is 0 Å². The Labute approximate surface area is 143 Å².